The average molecular weight is 544 g/mol. The first-order valence-corrected chi connectivity index (χ1v) is 14.0. The number of hydrogen-bond donors (Lipinski definition) is 1. The van der Waals surface area contributed by atoms with Crippen molar-refractivity contribution in [1.82, 2.24) is 10.2 Å². The Balaban J connectivity index is 1.50. The van der Waals surface area contributed by atoms with Gasteiger partial charge in [0.1, 0.15) is 10.6 Å². The first-order chi connectivity index (χ1) is 18.5. The molecular weight excluding hydrogens is 514 g/mol. The Morgan fingerprint density at radius 2 is 1.84 bits per heavy atom. The molecule has 0 aliphatic heterocycles. The quantitative estimate of drug-likeness (QED) is 0.240. The van der Waals surface area contributed by atoms with E-state index < -0.39 is 0 Å². The second-order valence-corrected chi connectivity index (χ2v) is 11.1. The zero-order chi connectivity index (χ0) is 26.6. The van der Waals surface area contributed by atoms with Gasteiger partial charge in [-0.3, -0.25) is 4.79 Å². The molecule has 38 heavy (non-hydrogen) atoms. The van der Waals surface area contributed by atoms with Crippen LogP contribution in [0.4, 0.5) is 5.69 Å². The fourth-order valence-corrected chi connectivity index (χ4v) is 6.78. The molecule has 194 valence electrons. The fourth-order valence-electron chi connectivity index (χ4n) is 5.32. The lowest BCUT2D eigenvalue weighted by molar-refractivity contribution is 0.0606. The summed E-state index contributed by atoms with van der Waals surface area (Å²) < 4.78 is 6.68. The van der Waals surface area contributed by atoms with Gasteiger partial charge in [0.2, 0.25) is 0 Å². The molecule has 5 rings (SSSR count). The lowest BCUT2D eigenvalue weighted by Gasteiger charge is -2.37. The normalized spacial score (nSPS) is 17.2. The van der Waals surface area contributed by atoms with Crippen LogP contribution in [0.5, 0.6) is 5.75 Å². The highest BCUT2D eigenvalue weighted by molar-refractivity contribution is 7.21. The number of methoxy groups -OCH3 is 1. The number of carbonyl (C=O) groups excluding carboxylic acids is 1. The third-order valence-corrected chi connectivity index (χ3v) is 9.12. The van der Waals surface area contributed by atoms with Gasteiger partial charge in [-0.05, 0) is 62.1 Å². The van der Waals surface area contributed by atoms with Crippen LogP contribution < -0.4 is 10.1 Å². The summed E-state index contributed by atoms with van der Waals surface area (Å²) in [4.78, 5) is 20.2. The molecule has 3 aromatic carbocycles. The monoisotopic (exact) mass is 543 g/mol. The molecule has 0 bridgehead atoms. The lowest BCUT2D eigenvalue weighted by atomic mass is 9.89. The van der Waals surface area contributed by atoms with Gasteiger partial charge in [-0.15, -0.1) is 11.3 Å². The Labute approximate surface area is 232 Å². The Bertz CT molecular complexity index is 1480. The zero-order valence-electron chi connectivity index (χ0n) is 21.5. The van der Waals surface area contributed by atoms with Crippen molar-refractivity contribution in [2.45, 2.75) is 44.3 Å². The Kier molecular flexibility index (Phi) is 7.99. The molecule has 1 heterocycles. The van der Waals surface area contributed by atoms with Crippen molar-refractivity contribution in [2.75, 3.05) is 14.2 Å². The number of fused-ring (bicyclic) bond motifs is 1. The van der Waals surface area contributed by atoms with E-state index in [9.17, 15) is 4.79 Å². The van der Waals surface area contributed by atoms with Gasteiger partial charge in [0, 0.05) is 34.3 Å². The number of rotatable bonds is 7. The van der Waals surface area contributed by atoms with Crippen molar-refractivity contribution in [2.24, 2.45) is 0 Å². The Morgan fingerprint density at radius 1 is 1.11 bits per heavy atom. The maximum atomic E-state index is 14.1. The van der Waals surface area contributed by atoms with Gasteiger partial charge in [0.15, 0.2) is 5.69 Å². The van der Waals surface area contributed by atoms with Crippen molar-refractivity contribution in [3.05, 3.63) is 93.6 Å². The summed E-state index contributed by atoms with van der Waals surface area (Å²) >= 11 is 8.24. The van der Waals surface area contributed by atoms with Gasteiger partial charge in [0.05, 0.1) is 18.7 Å². The van der Waals surface area contributed by atoms with Crippen LogP contribution in [-0.4, -0.2) is 37.0 Å². The summed E-state index contributed by atoms with van der Waals surface area (Å²) in [5.41, 5.74) is 3.53. The highest BCUT2D eigenvalue weighted by Gasteiger charge is 2.31. The molecule has 1 N–H and O–H groups in total. The summed E-state index contributed by atoms with van der Waals surface area (Å²) in [6, 6.07) is 22.1. The SMILES string of the molecule is [C-]#[N+]c1ccc(-c2cc(CN(C(=O)c3sc4ccccc4c3Cl)C3CCC(NC)CC3)ccc2OC)cc1. The van der Waals surface area contributed by atoms with Crippen molar-refractivity contribution in [3.8, 4) is 16.9 Å². The molecule has 0 saturated heterocycles. The second kappa shape index (κ2) is 11.6. The number of ether oxygens (including phenoxy) is 1. The molecule has 0 unspecified atom stereocenters. The van der Waals surface area contributed by atoms with Crippen molar-refractivity contribution >= 4 is 44.6 Å². The van der Waals surface area contributed by atoms with E-state index in [1.807, 2.05) is 72.6 Å². The van der Waals surface area contributed by atoms with Gasteiger partial charge >= 0.3 is 0 Å². The van der Waals surface area contributed by atoms with Gasteiger partial charge in [-0.25, -0.2) is 4.85 Å². The minimum absolute atomic E-state index is 0.0112. The maximum Gasteiger partial charge on any atom is 0.266 e. The van der Waals surface area contributed by atoms with Crippen LogP contribution in [-0.2, 0) is 6.54 Å². The fraction of sp³-hybridized carbons (Fsp3) is 0.290. The van der Waals surface area contributed by atoms with Crippen molar-refractivity contribution in [3.63, 3.8) is 0 Å². The smallest absolute Gasteiger partial charge is 0.266 e. The lowest BCUT2D eigenvalue weighted by Crippen LogP contribution is -2.44. The number of amides is 1. The van der Waals surface area contributed by atoms with Crippen LogP contribution in [0, 0.1) is 6.57 Å². The topological polar surface area (TPSA) is 45.9 Å². The Hall–Kier alpha value is -3.37. The van der Waals surface area contributed by atoms with E-state index in [4.69, 9.17) is 22.9 Å². The van der Waals surface area contributed by atoms with Crippen molar-refractivity contribution < 1.29 is 9.53 Å². The van der Waals surface area contributed by atoms with E-state index in [0.717, 1.165) is 58.2 Å². The molecule has 4 aromatic rings. The van der Waals surface area contributed by atoms with E-state index in [-0.39, 0.29) is 11.9 Å². The van der Waals surface area contributed by atoms with Crippen LogP contribution in [0.25, 0.3) is 26.1 Å². The van der Waals surface area contributed by atoms with Crippen LogP contribution in [0.1, 0.15) is 40.9 Å². The predicted octanol–water partition coefficient (Wildman–Crippen LogP) is 7.95. The number of carbonyl (C=O) groups is 1. The highest BCUT2D eigenvalue weighted by Crippen LogP contribution is 2.38. The van der Waals surface area contributed by atoms with E-state index >= 15 is 0 Å². The van der Waals surface area contributed by atoms with Gasteiger partial charge in [-0.1, -0.05) is 60.1 Å². The molecule has 0 radical (unpaired) electrons. The number of nitrogens with one attached hydrogen (secondary N) is 1. The molecule has 0 spiro atoms. The van der Waals surface area contributed by atoms with Crippen LogP contribution in [0.15, 0.2) is 66.7 Å². The number of thiophene rings is 1. The first kappa shape index (κ1) is 26.2. The third-order valence-electron chi connectivity index (χ3n) is 7.46. The van der Waals surface area contributed by atoms with E-state index in [1.54, 1.807) is 7.11 Å². The summed E-state index contributed by atoms with van der Waals surface area (Å²) in [6.07, 6.45) is 3.96. The zero-order valence-corrected chi connectivity index (χ0v) is 23.1. The summed E-state index contributed by atoms with van der Waals surface area (Å²) in [5.74, 6) is 0.743. The molecule has 1 amide bonds. The first-order valence-electron chi connectivity index (χ1n) is 12.8. The third kappa shape index (κ3) is 5.28. The van der Waals surface area contributed by atoms with E-state index in [2.05, 4.69) is 16.2 Å². The van der Waals surface area contributed by atoms with Crippen LogP contribution >= 0.6 is 22.9 Å². The molecule has 1 fully saturated rings. The minimum Gasteiger partial charge on any atom is -0.496 e. The van der Waals surface area contributed by atoms with E-state index in [0.29, 0.717) is 28.2 Å². The van der Waals surface area contributed by atoms with Crippen LogP contribution in [0.2, 0.25) is 5.02 Å². The number of halogens is 1. The van der Waals surface area contributed by atoms with E-state index in [1.165, 1.54) is 11.3 Å². The second-order valence-electron chi connectivity index (χ2n) is 9.66. The summed E-state index contributed by atoms with van der Waals surface area (Å²) in [6.45, 7) is 7.72. The maximum absolute atomic E-state index is 14.1. The van der Waals surface area contributed by atoms with Gasteiger partial charge < -0.3 is 15.0 Å². The molecule has 7 heteroatoms. The molecule has 5 nitrogen and oxygen atoms in total. The number of benzene rings is 3. The molecule has 1 aromatic heterocycles. The Morgan fingerprint density at radius 3 is 2.50 bits per heavy atom. The molecule has 0 atom stereocenters. The highest BCUT2D eigenvalue weighted by atomic mass is 35.5. The van der Waals surface area contributed by atoms with Gasteiger partial charge in [0.25, 0.3) is 5.91 Å². The summed E-state index contributed by atoms with van der Waals surface area (Å²) in [7, 11) is 3.67. The predicted molar refractivity (Wildman–Crippen MR) is 157 cm³/mol. The van der Waals surface area contributed by atoms with Gasteiger partial charge in [-0.2, -0.15) is 0 Å². The van der Waals surface area contributed by atoms with Crippen molar-refractivity contribution in [1.29, 1.82) is 0 Å². The number of hydrogen-bond acceptors (Lipinski definition) is 4. The average Bonchev–Trinajstić information content (AvgIpc) is 3.32. The largest absolute Gasteiger partial charge is 0.496 e. The number of nitrogens with zero attached hydrogens (tertiary/aromatic N) is 2. The summed E-state index contributed by atoms with van der Waals surface area (Å²) in [5, 5.41) is 4.86. The molecule has 1 aliphatic rings. The molecule has 1 saturated carbocycles. The molecule has 1 aliphatic carbocycles. The molecular formula is C31H30ClN3O2S. The standard InChI is InChI=1S/C31H30ClN3O2S/c1-33-22-11-9-21(10-12-22)26-18-20(8-17-27(26)37-3)19-35(24-15-13-23(34-2)14-16-24)31(36)30-29(32)25-6-4-5-7-28(25)38-30/h4-12,17-18,23-24,34H,13-16,19H2,2-3H3. The minimum atomic E-state index is -0.0112. The van der Waals surface area contributed by atoms with Crippen LogP contribution in [0.3, 0.4) is 0 Å².